The number of rotatable bonds is 0. The van der Waals surface area contributed by atoms with Crippen LogP contribution in [-0.4, -0.2) is 15.7 Å². The number of fused-ring (bicyclic) bond motifs is 3. The summed E-state index contributed by atoms with van der Waals surface area (Å²) < 4.78 is 11.2. The van der Waals surface area contributed by atoms with Crippen LogP contribution in [0.2, 0.25) is 0 Å². The first-order chi connectivity index (χ1) is 11.1. The summed E-state index contributed by atoms with van der Waals surface area (Å²) >= 11 is 0. The summed E-state index contributed by atoms with van der Waals surface area (Å²) in [6.45, 7) is 0. The lowest BCUT2D eigenvalue weighted by atomic mass is 10.1. The van der Waals surface area contributed by atoms with Crippen LogP contribution in [0.25, 0.3) is 34.1 Å². The molecule has 0 radical (unpaired) electrons. The highest BCUT2D eigenvalue weighted by Gasteiger charge is 2.09. The first kappa shape index (κ1) is 13.3. The fourth-order valence-corrected chi connectivity index (χ4v) is 2.49. The van der Waals surface area contributed by atoms with Crippen LogP contribution in [0.1, 0.15) is 5.56 Å². The van der Waals surface area contributed by atoms with Crippen LogP contribution in [0.4, 0.5) is 0 Å². The maximum atomic E-state index is 11.5. The van der Waals surface area contributed by atoms with Gasteiger partial charge in [0.2, 0.25) is 0 Å². The molecule has 1 aliphatic carbocycles. The average Bonchev–Trinajstić information content (AvgIpc) is 2.52. The predicted molar refractivity (Wildman–Crippen MR) is 84.1 cm³/mol. The van der Waals surface area contributed by atoms with E-state index in [1.807, 2.05) is 0 Å². The molecular formula is C18H11O5+. The van der Waals surface area contributed by atoms with Crippen molar-refractivity contribution in [3.8, 4) is 5.95 Å². The first-order valence-electron chi connectivity index (χ1n) is 6.93. The normalized spacial score (nSPS) is 13.0. The van der Waals surface area contributed by atoms with Gasteiger partial charge in [-0.2, -0.15) is 0 Å². The van der Waals surface area contributed by atoms with E-state index in [0.29, 0.717) is 27.5 Å². The average molecular weight is 307 g/mol. The SMILES string of the molecule is O=C1C=Cc2ccc3oc4cc(=[OH+])ccc4cc3c(O)oc2=C1. The second-order valence-corrected chi connectivity index (χ2v) is 5.19. The van der Waals surface area contributed by atoms with Crippen LogP contribution in [0.15, 0.2) is 51.3 Å². The lowest BCUT2D eigenvalue weighted by molar-refractivity contribution is -0.109. The van der Waals surface area contributed by atoms with E-state index in [0.717, 1.165) is 0 Å². The smallest absolute Gasteiger partial charge is 0.343 e. The quantitative estimate of drug-likeness (QED) is 0.645. The number of carbonyl (C=O) groups is 1. The Bertz CT molecular complexity index is 1160. The van der Waals surface area contributed by atoms with Crippen molar-refractivity contribution < 1.29 is 23.5 Å². The molecule has 23 heavy (non-hydrogen) atoms. The molecule has 0 saturated carbocycles. The van der Waals surface area contributed by atoms with Gasteiger partial charge in [-0.3, -0.25) is 9.59 Å². The number of benzene rings is 1. The van der Waals surface area contributed by atoms with E-state index in [9.17, 15) is 14.7 Å². The van der Waals surface area contributed by atoms with Gasteiger partial charge in [-0.25, -0.2) is 0 Å². The Balaban J connectivity index is 2.16. The fourth-order valence-electron chi connectivity index (χ4n) is 2.49. The molecule has 2 heterocycles. The molecule has 0 bridgehead atoms. The number of hydrogen-bond donors (Lipinski definition) is 1. The highest BCUT2D eigenvalue weighted by molar-refractivity contribution is 6.16. The Morgan fingerprint density at radius 1 is 0.957 bits per heavy atom. The molecule has 5 nitrogen and oxygen atoms in total. The Hall–Kier alpha value is -3.34. The molecule has 0 saturated heterocycles. The maximum absolute atomic E-state index is 11.5. The van der Waals surface area contributed by atoms with Gasteiger partial charge >= 0.3 is 5.43 Å². The standard InChI is InChI=1S/C18H10O5/c19-12-4-1-10-3-6-15-14(18(21)23-16(10)8-12)7-11-2-5-13(20)9-17(11)22-15/h1-9,21H/p+1. The highest BCUT2D eigenvalue weighted by atomic mass is 16.5. The van der Waals surface area contributed by atoms with Gasteiger partial charge in [-0.1, -0.05) is 0 Å². The number of carbonyl (C=O) groups excluding carboxylic acids is 1. The van der Waals surface area contributed by atoms with E-state index in [1.165, 1.54) is 24.3 Å². The summed E-state index contributed by atoms with van der Waals surface area (Å²) in [5.41, 5.74) is 1.89. The highest BCUT2D eigenvalue weighted by Crippen LogP contribution is 2.26. The minimum absolute atomic E-state index is 0.0915. The van der Waals surface area contributed by atoms with Crippen LogP contribution in [-0.2, 0) is 4.79 Å². The van der Waals surface area contributed by atoms with Crippen molar-refractivity contribution in [3.63, 3.8) is 0 Å². The topological polar surface area (TPSA) is 85.0 Å². The van der Waals surface area contributed by atoms with Gasteiger partial charge in [0.15, 0.2) is 5.78 Å². The zero-order valence-corrected chi connectivity index (χ0v) is 11.8. The van der Waals surface area contributed by atoms with Gasteiger partial charge in [-0.15, -0.1) is 0 Å². The van der Waals surface area contributed by atoms with E-state index >= 15 is 0 Å². The van der Waals surface area contributed by atoms with E-state index in [1.54, 1.807) is 30.3 Å². The molecule has 5 heteroatoms. The van der Waals surface area contributed by atoms with Gasteiger partial charge in [0.05, 0.1) is 11.5 Å². The molecule has 0 spiro atoms. The number of hydrogen-bond acceptors (Lipinski definition) is 4. The lowest BCUT2D eigenvalue weighted by Crippen LogP contribution is -2.10. The summed E-state index contributed by atoms with van der Waals surface area (Å²) in [7, 11) is 0. The van der Waals surface area contributed by atoms with Crippen LogP contribution >= 0.6 is 0 Å². The molecule has 2 aromatic heterocycles. The third-order valence-electron chi connectivity index (χ3n) is 3.62. The Morgan fingerprint density at radius 2 is 1.83 bits per heavy atom. The van der Waals surface area contributed by atoms with Crippen LogP contribution in [0, 0.1) is 0 Å². The molecule has 1 aliphatic rings. The second-order valence-electron chi connectivity index (χ2n) is 5.19. The summed E-state index contributed by atoms with van der Waals surface area (Å²) in [6.07, 6.45) is 4.35. The van der Waals surface area contributed by atoms with Crippen molar-refractivity contribution in [1.82, 2.24) is 0 Å². The van der Waals surface area contributed by atoms with Crippen LogP contribution in [0.5, 0.6) is 5.95 Å². The Kier molecular flexibility index (Phi) is 2.81. The number of allylic oxidation sites excluding steroid dienone is 1. The summed E-state index contributed by atoms with van der Waals surface area (Å²) in [5, 5.41) is 11.3. The van der Waals surface area contributed by atoms with Crippen molar-refractivity contribution in [2.75, 3.05) is 0 Å². The molecule has 4 rings (SSSR count). The number of ketones is 1. The molecule has 0 aliphatic heterocycles. The minimum atomic E-state index is -0.352. The van der Waals surface area contributed by atoms with E-state index in [2.05, 4.69) is 0 Å². The van der Waals surface area contributed by atoms with Crippen molar-refractivity contribution in [1.29, 1.82) is 0 Å². The molecule has 0 atom stereocenters. The van der Waals surface area contributed by atoms with Crippen molar-refractivity contribution in [2.24, 2.45) is 0 Å². The minimum Gasteiger partial charge on any atom is -0.480 e. The molecule has 2 N–H and O–H groups in total. The van der Waals surface area contributed by atoms with Gasteiger partial charge < -0.3 is 13.9 Å². The summed E-state index contributed by atoms with van der Waals surface area (Å²) in [5.74, 6) is -0.556. The van der Waals surface area contributed by atoms with Crippen molar-refractivity contribution >= 4 is 39.9 Å². The molecule has 1 aromatic carbocycles. The predicted octanol–water partition coefficient (Wildman–Crippen LogP) is 2.11. The third kappa shape index (κ3) is 2.28. The molecule has 3 aromatic rings. The van der Waals surface area contributed by atoms with Gasteiger partial charge in [-0.05, 0) is 36.4 Å². The van der Waals surface area contributed by atoms with Crippen LogP contribution < -0.4 is 10.8 Å². The fraction of sp³-hybridized carbons (Fsp3) is 0. The van der Waals surface area contributed by atoms with Gasteiger partial charge in [0.25, 0.3) is 5.95 Å². The Morgan fingerprint density at radius 3 is 2.70 bits per heavy atom. The zero-order chi connectivity index (χ0) is 16.0. The second kappa shape index (κ2) is 4.84. The molecule has 112 valence electrons. The van der Waals surface area contributed by atoms with Crippen molar-refractivity contribution in [2.45, 2.75) is 0 Å². The van der Waals surface area contributed by atoms with Gasteiger partial charge in [0, 0.05) is 23.1 Å². The van der Waals surface area contributed by atoms with E-state index in [-0.39, 0.29) is 22.6 Å². The van der Waals surface area contributed by atoms with Crippen LogP contribution in [0.3, 0.4) is 0 Å². The maximum Gasteiger partial charge on any atom is 0.343 e. The largest absolute Gasteiger partial charge is 0.480 e. The van der Waals surface area contributed by atoms with E-state index < -0.39 is 0 Å². The Labute approximate surface area is 129 Å². The summed E-state index contributed by atoms with van der Waals surface area (Å²) in [4.78, 5) is 21.0. The molecule has 0 unspecified atom stereocenters. The monoisotopic (exact) mass is 307 g/mol. The first-order valence-corrected chi connectivity index (χ1v) is 6.93. The molecule has 0 fully saturated rings. The molecule has 0 amide bonds. The van der Waals surface area contributed by atoms with E-state index in [4.69, 9.17) is 8.83 Å². The van der Waals surface area contributed by atoms with Crippen molar-refractivity contribution in [3.05, 3.63) is 58.9 Å². The number of aromatic hydroxyl groups is 1. The zero-order valence-electron chi connectivity index (χ0n) is 11.8. The lowest BCUT2D eigenvalue weighted by Gasteiger charge is -2.03. The third-order valence-corrected chi connectivity index (χ3v) is 3.62. The summed E-state index contributed by atoms with van der Waals surface area (Å²) in [6, 6.07) is 9.81. The van der Waals surface area contributed by atoms with Gasteiger partial charge in [0.1, 0.15) is 16.6 Å². The molecular weight excluding hydrogens is 296 g/mol.